The Hall–Kier alpha value is -0.130. The molecule has 14 heavy (non-hydrogen) atoms. The van der Waals surface area contributed by atoms with Gasteiger partial charge in [-0.25, -0.2) is 8.42 Å². The molecule has 5 heteroatoms. The van der Waals surface area contributed by atoms with E-state index in [1.807, 2.05) is 6.92 Å². The summed E-state index contributed by atoms with van der Waals surface area (Å²) in [6.07, 6.45) is 0.706. The molecule has 0 spiro atoms. The summed E-state index contributed by atoms with van der Waals surface area (Å²) in [5, 5.41) is 0. The fourth-order valence-electron chi connectivity index (χ4n) is 1.97. The van der Waals surface area contributed by atoms with Gasteiger partial charge in [0.1, 0.15) is 0 Å². The summed E-state index contributed by atoms with van der Waals surface area (Å²) in [5.41, 5.74) is 5.99. The molecular weight excluding hydrogens is 202 g/mol. The molecule has 0 radical (unpaired) electrons. The zero-order valence-electron chi connectivity index (χ0n) is 8.77. The lowest BCUT2D eigenvalue weighted by Gasteiger charge is -2.23. The number of sulfone groups is 1. The summed E-state index contributed by atoms with van der Waals surface area (Å²) in [6.45, 7) is 2.59. The average Bonchev–Trinajstić information content (AvgIpc) is 2.45. The molecule has 4 nitrogen and oxygen atoms in total. The van der Waals surface area contributed by atoms with Gasteiger partial charge in [-0.3, -0.25) is 0 Å². The summed E-state index contributed by atoms with van der Waals surface area (Å²) in [7, 11) is -1.18. The number of methoxy groups -OCH3 is 1. The number of ether oxygens (including phenoxy) is 1. The Morgan fingerprint density at radius 3 is 2.64 bits per heavy atom. The van der Waals surface area contributed by atoms with E-state index in [4.69, 9.17) is 10.5 Å². The van der Waals surface area contributed by atoms with Crippen LogP contribution >= 0.6 is 0 Å². The first-order chi connectivity index (χ1) is 6.46. The van der Waals surface area contributed by atoms with Crippen LogP contribution in [0, 0.1) is 11.8 Å². The van der Waals surface area contributed by atoms with E-state index in [1.54, 1.807) is 7.11 Å². The van der Waals surface area contributed by atoms with Gasteiger partial charge in [-0.1, -0.05) is 6.92 Å². The molecule has 0 bridgehead atoms. The van der Waals surface area contributed by atoms with E-state index in [2.05, 4.69) is 0 Å². The van der Waals surface area contributed by atoms with E-state index < -0.39 is 9.84 Å². The molecule has 1 heterocycles. The number of rotatable bonds is 4. The highest BCUT2D eigenvalue weighted by Crippen LogP contribution is 2.24. The maximum absolute atomic E-state index is 11.2. The SMILES string of the molecule is COCC(C)C(N)C1CCS(=O)(=O)C1. The normalized spacial score (nSPS) is 30.1. The Bertz CT molecular complexity index is 276. The molecule has 84 valence electrons. The monoisotopic (exact) mass is 221 g/mol. The Balaban J connectivity index is 2.50. The maximum Gasteiger partial charge on any atom is 0.150 e. The van der Waals surface area contributed by atoms with Crippen molar-refractivity contribution < 1.29 is 13.2 Å². The van der Waals surface area contributed by atoms with E-state index in [1.165, 1.54) is 0 Å². The van der Waals surface area contributed by atoms with Crippen LogP contribution in [0.4, 0.5) is 0 Å². The lowest BCUT2D eigenvalue weighted by molar-refractivity contribution is 0.136. The van der Waals surface area contributed by atoms with E-state index in [-0.39, 0.29) is 23.6 Å². The van der Waals surface area contributed by atoms with E-state index in [9.17, 15) is 8.42 Å². The second-order valence-corrected chi connectivity index (χ2v) is 6.40. The Kier molecular flexibility index (Phi) is 3.92. The van der Waals surface area contributed by atoms with Crippen molar-refractivity contribution in [3.8, 4) is 0 Å². The highest BCUT2D eigenvalue weighted by atomic mass is 32.2. The topological polar surface area (TPSA) is 69.4 Å². The van der Waals surface area contributed by atoms with Gasteiger partial charge in [0.05, 0.1) is 18.1 Å². The van der Waals surface area contributed by atoms with E-state index in [0.717, 1.165) is 0 Å². The third-order valence-corrected chi connectivity index (χ3v) is 4.69. The van der Waals surface area contributed by atoms with Crippen molar-refractivity contribution in [3.63, 3.8) is 0 Å². The molecule has 1 saturated heterocycles. The molecule has 0 aliphatic carbocycles. The predicted octanol–water partition coefficient (Wildman–Crippen LogP) is 0.0309. The standard InChI is InChI=1S/C9H19NO3S/c1-7(5-13-2)9(10)8-3-4-14(11,12)6-8/h7-9H,3-6,10H2,1-2H3. The molecule has 3 unspecified atom stereocenters. The van der Waals surface area contributed by atoms with Crippen LogP contribution in [0.3, 0.4) is 0 Å². The molecular formula is C9H19NO3S. The molecule has 0 amide bonds. The molecule has 1 aliphatic rings. The van der Waals surface area contributed by atoms with Gasteiger partial charge < -0.3 is 10.5 Å². The second-order valence-electron chi connectivity index (χ2n) is 4.17. The molecule has 1 aliphatic heterocycles. The van der Waals surface area contributed by atoms with Gasteiger partial charge in [0.25, 0.3) is 0 Å². The van der Waals surface area contributed by atoms with Gasteiger partial charge >= 0.3 is 0 Å². The first-order valence-corrected chi connectivity index (χ1v) is 6.73. The van der Waals surface area contributed by atoms with Gasteiger partial charge in [-0.05, 0) is 18.3 Å². The highest BCUT2D eigenvalue weighted by Gasteiger charge is 2.34. The van der Waals surface area contributed by atoms with Crippen molar-refractivity contribution in [2.75, 3.05) is 25.2 Å². The highest BCUT2D eigenvalue weighted by molar-refractivity contribution is 7.91. The van der Waals surface area contributed by atoms with Gasteiger partial charge in [0, 0.05) is 13.2 Å². The van der Waals surface area contributed by atoms with Gasteiger partial charge in [0.2, 0.25) is 0 Å². The summed E-state index contributed by atoms with van der Waals surface area (Å²) < 4.78 is 27.5. The van der Waals surface area contributed by atoms with Crippen molar-refractivity contribution >= 4 is 9.84 Å². The van der Waals surface area contributed by atoms with Gasteiger partial charge in [-0.15, -0.1) is 0 Å². The van der Waals surface area contributed by atoms with Crippen molar-refractivity contribution in [3.05, 3.63) is 0 Å². The van der Waals surface area contributed by atoms with Crippen molar-refractivity contribution in [1.82, 2.24) is 0 Å². The first-order valence-electron chi connectivity index (χ1n) is 4.91. The number of hydrogen-bond donors (Lipinski definition) is 1. The smallest absolute Gasteiger partial charge is 0.150 e. The summed E-state index contributed by atoms with van der Waals surface area (Å²) in [4.78, 5) is 0. The summed E-state index contributed by atoms with van der Waals surface area (Å²) in [5.74, 6) is 0.885. The van der Waals surface area contributed by atoms with Crippen LogP contribution in [0.1, 0.15) is 13.3 Å². The zero-order chi connectivity index (χ0) is 10.8. The molecule has 0 saturated carbocycles. The Morgan fingerprint density at radius 2 is 2.21 bits per heavy atom. The predicted molar refractivity (Wildman–Crippen MR) is 55.8 cm³/mol. The molecule has 0 aromatic heterocycles. The Morgan fingerprint density at radius 1 is 1.57 bits per heavy atom. The van der Waals surface area contributed by atoms with Crippen LogP contribution in [-0.2, 0) is 14.6 Å². The number of nitrogens with two attached hydrogens (primary N) is 1. The van der Waals surface area contributed by atoms with Gasteiger partial charge in [-0.2, -0.15) is 0 Å². The van der Waals surface area contributed by atoms with Crippen molar-refractivity contribution in [1.29, 1.82) is 0 Å². The average molecular weight is 221 g/mol. The minimum Gasteiger partial charge on any atom is -0.384 e. The van der Waals surface area contributed by atoms with E-state index in [0.29, 0.717) is 18.8 Å². The Labute approximate surface area is 85.7 Å². The lowest BCUT2D eigenvalue weighted by atomic mass is 9.90. The number of hydrogen-bond acceptors (Lipinski definition) is 4. The molecule has 1 rings (SSSR count). The summed E-state index contributed by atoms with van der Waals surface area (Å²) >= 11 is 0. The maximum atomic E-state index is 11.2. The van der Waals surface area contributed by atoms with Crippen LogP contribution < -0.4 is 5.73 Å². The van der Waals surface area contributed by atoms with Crippen LogP contribution in [0.25, 0.3) is 0 Å². The summed E-state index contributed by atoms with van der Waals surface area (Å²) in [6, 6.07) is -0.0628. The van der Waals surface area contributed by atoms with Crippen LogP contribution in [0.2, 0.25) is 0 Å². The first kappa shape index (κ1) is 11.9. The molecule has 0 aromatic rings. The zero-order valence-corrected chi connectivity index (χ0v) is 9.59. The minimum absolute atomic E-state index is 0.0628. The van der Waals surface area contributed by atoms with Crippen molar-refractivity contribution in [2.24, 2.45) is 17.6 Å². The third kappa shape index (κ3) is 2.93. The second kappa shape index (κ2) is 4.59. The molecule has 1 fully saturated rings. The van der Waals surface area contributed by atoms with Gasteiger partial charge in [0.15, 0.2) is 9.84 Å². The minimum atomic E-state index is -2.81. The lowest BCUT2D eigenvalue weighted by Crippen LogP contribution is -2.38. The van der Waals surface area contributed by atoms with E-state index >= 15 is 0 Å². The fraction of sp³-hybridized carbons (Fsp3) is 1.00. The van der Waals surface area contributed by atoms with Crippen molar-refractivity contribution in [2.45, 2.75) is 19.4 Å². The quantitative estimate of drug-likeness (QED) is 0.727. The molecule has 3 atom stereocenters. The van der Waals surface area contributed by atoms with Crippen LogP contribution in [0.15, 0.2) is 0 Å². The van der Waals surface area contributed by atoms with Crippen LogP contribution in [0.5, 0.6) is 0 Å². The molecule has 0 aromatic carbocycles. The third-order valence-electron chi connectivity index (χ3n) is 2.90. The largest absolute Gasteiger partial charge is 0.384 e. The molecule has 2 N–H and O–H groups in total. The van der Waals surface area contributed by atoms with Crippen LogP contribution in [-0.4, -0.2) is 39.7 Å². The fourth-order valence-corrected chi connectivity index (χ4v) is 3.84.